The minimum absolute atomic E-state index is 1.10. The standard InChI is InChI=1S/C42H28N2S2/c1-3-12-29(13-4-1)43(33-22-24-41-37(27-33)35-18-7-9-20-39(35)45-41)31-16-11-17-32(26-31)44(30-14-5-2-6-15-30)34-23-25-42-38(28-34)36-19-8-10-21-40(36)46-42/h1-28H. The second kappa shape index (κ2) is 11.2. The van der Waals surface area contributed by atoms with Crippen LogP contribution >= 0.6 is 22.7 Å². The molecule has 0 N–H and O–H groups in total. The molecule has 0 fully saturated rings. The van der Waals surface area contributed by atoms with Crippen molar-refractivity contribution in [3.8, 4) is 0 Å². The van der Waals surface area contributed by atoms with Crippen LogP contribution in [0.3, 0.4) is 0 Å². The molecule has 0 bridgehead atoms. The normalized spacial score (nSPS) is 11.5. The van der Waals surface area contributed by atoms with Crippen LogP contribution in [0, 0.1) is 0 Å². The zero-order valence-corrected chi connectivity index (χ0v) is 26.5. The highest BCUT2D eigenvalue weighted by Crippen LogP contribution is 2.44. The number of benzene rings is 7. The van der Waals surface area contributed by atoms with E-state index in [0.29, 0.717) is 0 Å². The maximum absolute atomic E-state index is 2.37. The van der Waals surface area contributed by atoms with E-state index in [9.17, 15) is 0 Å². The summed E-state index contributed by atoms with van der Waals surface area (Å²) < 4.78 is 5.24. The van der Waals surface area contributed by atoms with Gasteiger partial charge in [0.1, 0.15) is 0 Å². The van der Waals surface area contributed by atoms with Crippen molar-refractivity contribution in [2.24, 2.45) is 0 Å². The van der Waals surface area contributed by atoms with Gasteiger partial charge >= 0.3 is 0 Å². The van der Waals surface area contributed by atoms with Gasteiger partial charge in [-0.2, -0.15) is 0 Å². The third-order valence-electron chi connectivity index (χ3n) is 8.61. The number of nitrogens with zero attached hydrogens (tertiary/aromatic N) is 2. The molecule has 0 atom stereocenters. The van der Waals surface area contributed by atoms with Crippen LogP contribution in [-0.2, 0) is 0 Å². The number of hydrogen-bond acceptors (Lipinski definition) is 4. The predicted octanol–water partition coefficient (Wildman–Crippen LogP) is 13.4. The van der Waals surface area contributed by atoms with E-state index in [1.165, 1.54) is 40.3 Å². The number of thiophene rings is 2. The fourth-order valence-corrected chi connectivity index (χ4v) is 8.70. The highest BCUT2D eigenvalue weighted by atomic mass is 32.1. The zero-order chi connectivity index (χ0) is 30.5. The lowest BCUT2D eigenvalue weighted by molar-refractivity contribution is 1.25. The Hall–Kier alpha value is -5.42. The minimum Gasteiger partial charge on any atom is -0.310 e. The van der Waals surface area contributed by atoms with Gasteiger partial charge in [-0.05, 0) is 91.0 Å². The number of hydrogen-bond donors (Lipinski definition) is 0. The Bertz CT molecular complexity index is 2320. The summed E-state index contributed by atoms with van der Waals surface area (Å²) in [7, 11) is 0. The van der Waals surface area contributed by atoms with Gasteiger partial charge < -0.3 is 9.80 Å². The van der Waals surface area contributed by atoms with E-state index < -0.39 is 0 Å². The summed E-state index contributed by atoms with van der Waals surface area (Å²) in [6.07, 6.45) is 0. The molecule has 4 heteroatoms. The molecule has 0 aliphatic carbocycles. The van der Waals surface area contributed by atoms with Gasteiger partial charge in [0.05, 0.1) is 0 Å². The van der Waals surface area contributed by atoms with Crippen LogP contribution in [0.2, 0.25) is 0 Å². The summed E-state index contributed by atoms with van der Waals surface area (Å²) in [6, 6.07) is 61.4. The molecular formula is C42H28N2S2. The highest BCUT2D eigenvalue weighted by molar-refractivity contribution is 7.26. The summed E-state index contributed by atoms with van der Waals surface area (Å²) in [5, 5.41) is 5.19. The molecule has 2 nitrogen and oxygen atoms in total. The fourth-order valence-electron chi connectivity index (χ4n) is 6.53. The molecule has 46 heavy (non-hydrogen) atoms. The van der Waals surface area contributed by atoms with E-state index in [1.807, 2.05) is 22.7 Å². The summed E-state index contributed by atoms with van der Waals surface area (Å²) in [6.45, 7) is 0. The van der Waals surface area contributed by atoms with Crippen LogP contribution in [0.25, 0.3) is 40.3 Å². The van der Waals surface area contributed by atoms with Crippen LogP contribution in [0.5, 0.6) is 0 Å². The molecule has 0 saturated heterocycles. The van der Waals surface area contributed by atoms with Crippen molar-refractivity contribution in [2.45, 2.75) is 0 Å². The molecule has 218 valence electrons. The fraction of sp³-hybridized carbons (Fsp3) is 0. The largest absolute Gasteiger partial charge is 0.310 e. The smallest absolute Gasteiger partial charge is 0.0482 e. The second-order valence-electron chi connectivity index (χ2n) is 11.4. The molecule has 0 spiro atoms. The summed E-state index contributed by atoms with van der Waals surface area (Å²) in [5.41, 5.74) is 6.72. The maximum atomic E-state index is 2.37. The Kier molecular flexibility index (Phi) is 6.55. The number of para-hydroxylation sites is 2. The predicted molar refractivity (Wildman–Crippen MR) is 202 cm³/mol. The first-order chi connectivity index (χ1) is 22.8. The number of rotatable bonds is 6. The number of fused-ring (bicyclic) bond motifs is 6. The Morgan fingerprint density at radius 3 is 1.11 bits per heavy atom. The van der Waals surface area contributed by atoms with E-state index in [4.69, 9.17) is 0 Å². The molecule has 2 heterocycles. The van der Waals surface area contributed by atoms with Crippen molar-refractivity contribution in [3.63, 3.8) is 0 Å². The highest BCUT2D eigenvalue weighted by Gasteiger charge is 2.19. The van der Waals surface area contributed by atoms with Gasteiger partial charge in [0.15, 0.2) is 0 Å². The number of anilines is 6. The Balaban J connectivity index is 1.22. The van der Waals surface area contributed by atoms with E-state index in [0.717, 1.165) is 34.1 Å². The van der Waals surface area contributed by atoms with Crippen molar-refractivity contribution >= 4 is 97.1 Å². The molecule has 2 aromatic heterocycles. The van der Waals surface area contributed by atoms with Crippen LogP contribution in [-0.4, -0.2) is 0 Å². The van der Waals surface area contributed by atoms with Crippen LogP contribution < -0.4 is 9.80 Å². The molecule has 0 unspecified atom stereocenters. The van der Waals surface area contributed by atoms with Crippen LogP contribution in [0.4, 0.5) is 34.1 Å². The van der Waals surface area contributed by atoms with Gasteiger partial charge in [0, 0.05) is 74.5 Å². The summed E-state index contributed by atoms with van der Waals surface area (Å²) >= 11 is 3.71. The Labute approximate surface area is 275 Å². The molecule has 9 aromatic rings. The molecular weight excluding hydrogens is 597 g/mol. The third kappa shape index (κ3) is 4.62. The second-order valence-corrected chi connectivity index (χ2v) is 13.6. The molecule has 7 aromatic carbocycles. The van der Waals surface area contributed by atoms with Gasteiger partial charge in [0.2, 0.25) is 0 Å². The first-order valence-corrected chi connectivity index (χ1v) is 17.1. The van der Waals surface area contributed by atoms with Gasteiger partial charge in [-0.25, -0.2) is 0 Å². The average Bonchev–Trinajstić information content (AvgIpc) is 3.68. The summed E-state index contributed by atoms with van der Waals surface area (Å²) in [4.78, 5) is 4.74. The lowest BCUT2D eigenvalue weighted by atomic mass is 10.1. The van der Waals surface area contributed by atoms with Crippen LogP contribution in [0.1, 0.15) is 0 Å². The van der Waals surface area contributed by atoms with Crippen molar-refractivity contribution in [1.29, 1.82) is 0 Å². The zero-order valence-electron chi connectivity index (χ0n) is 24.9. The monoisotopic (exact) mass is 624 g/mol. The maximum Gasteiger partial charge on any atom is 0.0482 e. The first-order valence-electron chi connectivity index (χ1n) is 15.4. The molecule has 0 amide bonds. The van der Waals surface area contributed by atoms with Gasteiger partial charge in [-0.1, -0.05) is 78.9 Å². The quantitative estimate of drug-likeness (QED) is 0.182. The topological polar surface area (TPSA) is 6.48 Å². The van der Waals surface area contributed by atoms with E-state index in [-0.39, 0.29) is 0 Å². The molecule has 0 aliphatic heterocycles. The first kappa shape index (κ1) is 26.9. The Morgan fingerprint density at radius 1 is 0.261 bits per heavy atom. The SMILES string of the molecule is c1ccc(N(c2cccc(N(c3ccccc3)c3ccc4sc5ccccc5c4c3)c2)c2ccc3sc4ccccc4c3c2)cc1. The van der Waals surface area contributed by atoms with Crippen LogP contribution in [0.15, 0.2) is 170 Å². The minimum atomic E-state index is 1.10. The van der Waals surface area contributed by atoms with Crippen molar-refractivity contribution < 1.29 is 0 Å². The van der Waals surface area contributed by atoms with Gasteiger partial charge in [0.25, 0.3) is 0 Å². The van der Waals surface area contributed by atoms with Gasteiger partial charge in [-0.3, -0.25) is 0 Å². The molecule has 9 rings (SSSR count). The van der Waals surface area contributed by atoms with E-state index in [2.05, 4.69) is 180 Å². The lowest BCUT2D eigenvalue weighted by Gasteiger charge is -2.29. The molecule has 0 saturated carbocycles. The summed E-state index contributed by atoms with van der Waals surface area (Å²) in [5.74, 6) is 0. The average molecular weight is 625 g/mol. The Morgan fingerprint density at radius 2 is 0.630 bits per heavy atom. The van der Waals surface area contributed by atoms with Crippen molar-refractivity contribution in [2.75, 3.05) is 9.80 Å². The lowest BCUT2D eigenvalue weighted by Crippen LogP contribution is -2.13. The van der Waals surface area contributed by atoms with E-state index in [1.54, 1.807) is 0 Å². The molecule has 0 aliphatic rings. The van der Waals surface area contributed by atoms with Gasteiger partial charge in [-0.15, -0.1) is 22.7 Å². The van der Waals surface area contributed by atoms with E-state index >= 15 is 0 Å². The van der Waals surface area contributed by atoms with Crippen molar-refractivity contribution in [3.05, 3.63) is 170 Å². The third-order valence-corrected chi connectivity index (χ3v) is 10.9. The molecule has 0 radical (unpaired) electrons. The van der Waals surface area contributed by atoms with Crippen molar-refractivity contribution in [1.82, 2.24) is 0 Å².